The van der Waals surface area contributed by atoms with Crippen molar-refractivity contribution in [3.8, 4) is 11.1 Å². The van der Waals surface area contributed by atoms with Crippen LogP contribution in [0.3, 0.4) is 0 Å². The molecule has 1 amide bonds. The fraction of sp³-hybridized carbons (Fsp3) is 0.250. The lowest BCUT2D eigenvalue weighted by atomic mass is 9.98. The number of amides is 1. The maximum Gasteiger partial charge on any atom is 0.407 e. The van der Waals surface area contributed by atoms with E-state index in [2.05, 4.69) is 70.9 Å². The van der Waals surface area contributed by atoms with Crippen LogP contribution < -0.4 is 10.2 Å². The van der Waals surface area contributed by atoms with Crippen molar-refractivity contribution >= 4 is 17.9 Å². The molecule has 5 heteroatoms. The van der Waals surface area contributed by atoms with Crippen molar-refractivity contribution < 1.29 is 14.3 Å². The molecule has 5 nitrogen and oxygen atoms in total. The molecular weight excluding hydrogens is 412 g/mol. The minimum absolute atomic E-state index is 0.0686. The minimum Gasteiger partial charge on any atom is -0.449 e. The Bertz CT molecular complexity index is 1110. The quantitative estimate of drug-likeness (QED) is 0.581. The monoisotopic (exact) mass is 440 g/mol. The van der Waals surface area contributed by atoms with Crippen molar-refractivity contribution in [2.75, 3.05) is 44.4 Å². The van der Waals surface area contributed by atoms with E-state index in [1.54, 1.807) is 0 Å². The number of para-hydroxylation sites is 1. The Morgan fingerprint density at radius 1 is 0.939 bits per heavy atom. The number of carbonyl (C=O) groups excluding carboxylic acids is 1. The summed E-state index contributed by atoms with van der Waals surface area (Å²) in [5.74, 6) is 0.0686. The van der Waals surface area contributed by atoms with Gasteiger partial charge in [0.05, 0.1) is 13.2 Å². The highest BCUT2D eigenvalue weighted by Crippen LogP contribution is 2.44. The van der Waals surface area contributed by atoms with Crippen molar-refractivity contribution in [3.63, 3.8) is 0 Å². The van der Waals surface area contributed by atoms with Gasteiger partial charge in [-0.05, 0) is 33.9 Å². The van der Waals surface area contributed by atoms with E-state index in [1.165, 1.54) is 27.9 Å². The molecule has 0 bridgehead atoms. The summed E-state index contributed by atoms with van der Waals surface area (Å²) in [7, 11) is 0. The molecule has 1 saturated heterocycles. The van der Waals surface area contributed by atoms with E-state index in [9.17, 15) is 4.79 Å². The molecule has 1 aliphatic carbocycles. The average Bonchev–Trinajstić information content (AvgIpc) is 3.20. The van der Waals surface area contributed by atoms with Gasteiger partial charge in [-0.3, -0.25) is 0 Å². The SMILES string of the molecule is O=C(NCC=Cc1ccccc1N1CCOCC1)OCC1c2ccccc2-c2ccccc21. The Labute approximate surface area is 194 Å². The summed E-state index contributed by atoms with van der Waals surface area (Å²) < 4.78 is 11.1. The zero-order valence-corrected chi connectivity index (χ0v) is 18.6. The highest BCUT2D eigenvalue weighted by Gasteiger charge is 2.28. The van der Waals surface area contributed by atoms with Crippen LogP contribution in [-0.4, -0.2) is 45.5 Å². The zero-order valence-electron chi connectivity index (χ0n) is 18.6. The molecule has 1 N–H and O–H groups in total. The predicted molar refractivity (Wildman–Crippen MR) is 132 cm³/mol. The molecule has 33 heavy (non-hydrogen) atoms. The van der Waals surface area contributed by atoms with Crippen molar-refractivity contribution in [2.24, 2.45) is 0 Å². The molecule has 0 radical (unpaired) electrons. The predicted octanol–water partition coefficient (Wildman–Crippen LogP) is 5.08. The molecule has 1 fully saturated rings. The molecule has 5 rings (SSSR count). The van der Waals surface area contributed by atoms with Gasteiger partial charge in [0.2, 0.25) is 0 Å². The van der Waals surface area contributed by atoms with Crippen molar-refractivity contribution in [3.05, 3.63) is 95.6 Å². The van der Waals surface area contributed by atoms with Crippen LogP contribution in [0.2, 0.25) is 0 Å². The Balaban J connectivity index is 1.16. The first-order valence-corrected chi connectivity index (χ1v) is 11.5. The average molecular weight is 441 g/mol. The van der Waals surface area contributed by atoms with E-state index < -0.39 is 6.09 Å². The topological polar surface area (TPSA) is 50.8 Å². The van der Waals surface area contributed by atoms with Crippen LogP contribution in [0.5, 0.6) is 0 Å². The summed E-state index contributed by atoms with van der Waals surface area (Å²) in [5.41, 5.74) is 7.21. The van der Waals surface area contributed by atoms with Gasteiger partial charge in [-0.25, -0.2) is 4.79 Å². The van der Waals surface area contributed by atoms with Gasteiger partial charge >= 0.3 is 6.09 Å². The van der Waals surface area contributed by atoms with E-state index in [-0.39, 0.29) is 5.92 Å². The van der Waals surface area contributed by atoms with Crippen LogP contribution >= 0.6 is 0 Å². The fourth-order valence-corrected chi connectivity index (χ4v) is 4.70. The number of anilines is 1. The first-order chi connectivity index (χ1) is 16.3. The molecule has 1 heterocycles. The third kappa shape index (κ3) is 4.64. The standard InChI is InChI=1S/C28H28N2O3/c31-28(29-15-7-9-21-8-1-6-14-27(21)30-16-18-32-19-17-30)33-20-26-24-12-4-2-10-22(24)23-11-3-5-13-25(23)26/h1-14,26H,15-20H2,(H,29,31). The lowest BCUT2D eigenvalue weighted by Crippen LogP contribution is -2.36. The second-order valence-corrected chi connectivity index (χ2v) is 8.27. The Morgan fingerprint density at radius 2 is 1.58 bits per heavy atom. The molecule has 0 spiro atoms. The first kappa shape index (κ1) is 21.3. The van der Waals surface area contributed by atoms with Gasteiger partial charge in [0.15, 0.2) is 0 Å². The van der Waals surface area contributed by atoms with Crippen molar-refractivity contribution in [2.45, 2.75) is 5.92 Å². The summed E-state index contributed by atoms with van der Waals surface area (Å²) in [6, 6.07) is 25.0. The number of carbonyl (C=O) groups is 1. The van der Waals surface area contributed by atoms with E-state index in [4.69, 9.17) is 9.47 Å². The van der Waals surface area contributed by atoms with Gasteiger partial charge in [0.25, 0.3) is 0 Å². The molecule has 0 aromatic heterocycles. The number of nitrogens with one attached hydrogen (secondary N) is 1. The van der Waals surface area contributed by atoms with Crippen LogP contribution in [0.1, 0.15) is 22.6 Å². The second-order valence-electron chi connectivity index (χ2n) is 8.27. The summed E-state index contributed by atoms with van der Waals surface area (Å²) >= 11 is 0. The van der Waals surface area contributed by atoms with Gasteiger partial charge < -0.3 is 19.7 Å². The molecule has 0 saturated carbocycles. The van der Waals surface area contributed by atoms with E-state index in [0.717, 1.165) is 31.9 Å². The first-order valence-electron chi connectivity index (χ1n) is 11.5. The molecule has 3 aromatic carbocycles. The van der Waals surface area contributed by atoms with Crippen LogP contribution in [-0.2, 0) is 9.47 Å². The lowest BCUT2D eigenvalue weighted by Gasteiger charge is -2.30. The van der Waals surface area contributed by atoms with Crippen molar-refractivity contribution in [1.29, 1.82) is 0 Å². The molecule has 168 valence electrons. The number of alkyl carbamates (subject to hydrolysis) is 1. The highest BCUT2D eigenvalue weighted by molar-refractivity contribution is 5.79. The molecule has 2 aliphatic rings. The third-order valence-corrected chi connectivity index (χ3v) is 6.29. The lowest BCUT2D eigenvalue weighted by molar-refractivity contribution is 0.122. The summed E-state index contributed by atoms with van der Waals surface area (Å²) in [5, 5.41) is 2.84. The summed E-state index contributed by atoms with van der Waals surface area (Å²) in [4.78, 5) is 14.7. The largest absolute Gasteiger partial charge is 0.449 e. The maximum atomic E-state index is 12.4. The van der Waals surface area contributed by atoms with Gasteiger partial charge in [0.1, 0.15) is 6.61 Å². The number of rotatable bonds is 6. The third-order valence-electron chi connectivity index (χ3n) is 6.29. The number of nitrogens with zero attached hydrogens (tertiary/aromatic N) is 1. The van der Waals surface area contributed by atoms with E-state index in [0.29, 0.717) is 13.2 Å². The van der Waals surface area contributed by atoms with Gasteiger partial charge in [0, 0.05) is 31.2 Å². The molecule has 3 aromatic rings. The molecule has 0 unspecified atom stereocenters. The molecule has 1 aliphatic heterocycles. The van der Waals surface area contributed by atoms with Crippen LogP contribution in [0.4, 0.5) is 10.5 Å². The second kappa shape index (κ2) is 9.92. The summed E-state index contributed by atoms with van der Waals surface area (Å²) in [6.45, 7) is 4.02. The fourth-order valence-electron chi connectivity index (χ4n) is 4.70. The van der Waals surface area contributed by atoms with Gasteiger partial charge in [-0.15, -0.1) is 0 Å². The highest BCUT2D eigenvalue weighted by atomic mass is 16.5. The number of benzene rings is 3. The minimum atomic E-state index is -0.400. The summed E-state index contributed by atoms with van der Waals surface area (Å²) in [6.07, 6.45) is 3.61. The van der Waals surface area contributed by atoms with Gasteiger partial charge in [-0.1, -0.05) is 78.9 Å². The Hall–Kier alpha value is -3.57. The smallest absolute Gasteiger partial charge is 0.407 e. The number of morpholine rings is 1. The normalized spacial score (nSPS) is 15.3. The Kier molecular flexibility index (Phi) is 6.40. The zero-order chi connectivity index (χ0) is 22.5. The van der Waals surface area contributed by atoms with Gasteiger partial charge in [-0.2, -0.15) is 0 Å². The van der Waals surface area contributed by atoms with E-state index in [1.807, 2.05) is 24.3 Å². The number of fused-ring (bicyclic) bond motifs is 3. The van der Waals surface area contributed by atoms with E-state index >= 15 is 0 Å². The Morgan fingerprint density at radius 3 is 2.30 bits per heavy atom. The maximum absolute atomic E-state index is 12.4. The van der Waals surface area contributed by atoms with Crippen LogP contribution in [0, 0.1) is 0 Å². The number of hydrogen-bond acceptors (Lipinski definition) is 4. The van der Waals surface area contributed by atoms with Crippen molar-refractivity contribution in [1.82, 2.24) is 5.32 Å². The van der Waals surface area contributed by atoms with Crippen LogP contribution in [0.15, 0.2) is 78.9 Å². The van der Waals surface area contributed by atoms with Crippen LogP contribution in [0.25, 0.3) is 17.2 Å². The number of hydrogen-bond donors (Lipinski definition) is 1. The number of ether oxygens (including phenoxy) is 2. The molecule has 0 atom stereocenters. The molecular formula is C28H28N2O3.